The molecule has 2 fully saturated rings. The lowest BCUT2D eigenvalue weighted by atomic mass is 10.1. The third-order valence-corrected chi connectivity index (χ3v) is 5.55. The van der Waals surface area contributed by atoms with E-state index in [2.05, 4.69) is 35.3 Å². The Labute approximate surface area is 183 Å². The van der Waals surface area contributed by atoms with E-state index >= 15 is 0 Å². The van der Waals surface area contributed by atoms with Gasteiger partial charge < -0.3 is 15.4 Å². The zero-order valence-electron chi connectivity index (χ0n) is 17.2. The minimum Gasteiger partial charge on any atom is -0.388 e. The van der Waals surface area contributed by atoms with Crippen LogP contribution < -0.4 is 10.6 Å². The normalized spacial score (nSPS) is 28.5. The van der Waals surface area contributed by atoms with Crippen molar-refractivity contribution in [2.45, 2.75) is 81.3 Å². The van der Waals surface area contributed by atoms with E-state index < -0.39 is 55.1 Å². The standard InChI is InChI=1S/C19H21F7N6O/c20-17(21)6-4-10(8-17)27-15-30-14(12-2-1-3-13(29-12)33-19(24,25)26)31-16(32-15)28-11-5-7-18(22,23)9-11/h1,3,10-12H,2,4-9H2,(H2,27,28,30,31,32). The number of ether oxygens (including phenoxy) is 1. The first kappa shape index (κ1) is 23.5. The summed E-state index contributed by atoms with van der Waals surface area (Å²) < 4.78 is 95.8. The van der Waals surface area contributed by atoms with Crippen LogP contribution in [0.1, 0.15) is 56.8 Å². The van der Waals surface area contributed by atoms with Crippen LogP contribution in [-0.4, -0.2) is 51.1 Å². The van der Waals surface area contributed by atoms with Crippen LogP contribution >= 0.6 is 0 Å². The largest absolute Gasteiger partial charge is 0.574 e. The van der Waals surface area contributed by atoms with E-state index in [4.69, 9.17) is 0 Å². The van der Waals surface area contributed by atoms with Gasteiger partial charge in [-0.25, -0.2) is 22.6 Å². The number of anilines is 2. The Bertz CT molecular complexity index is 889. The Kier molecular flexibility index (Phi) is 6.12. The molecule has 3 aliphatic rings. The van der Waals surface area contributed by atoms with Crippen LogP contribution in [0.3, 0.4) is 0 Å². The molecule has 3 atom stereocenters. The summed E-state index contributed by atoms with van der Waals surface area (Å²) in [6, 6.07) is -2.22. The Morgan fingerprint density at radius 1 is 0.879 bits per heavy atom. The average molecular weight is 482 g/mol. The number of nitrogens with zero attached hydrogens (tertiary/aromatic N) is 4. The highest BCUT2D eigenvalue weighted by Crippen LogP contribution is 2.37. The smallest absolute Gasteiger partial charge is 0.388 e. The molecule has 4 rings (SSSR count). The van der Waals surface area contributed by atoms with Gasteiger partial charge in [-0.3, -0.25) is 0 Å². The van der Waals surface area contributed by atoms with Crippen LogP contribution in [0.5, 0.6) is 0 Å². The molecule has 33 heavy (non-hydrogen) atoms. The number of nitrogens with one attached hydrogen (secondary N) is 2. The van der Waals surface area contributed by atoms with Gasteiger partial charge in [0.05, 0.1) is 0 Å². The molecule has 2 heterocycles. The summed E-state index contributed by atoms with van der Waals surface area (Å²) in [6.07, 6.45) is -3.47. The first-order valence-corrected chi connectivity index (χ1v) is 10.4. The molecule has 7 nitrogen and oxygen atoms in total. The van der Waals surface area contributed by atoms with E-state index in [1.165, 1.54) is 6.08 Å². The van der Waals surface area contributed by atoms with Gasteiger partial charge in [-0.05, 0) is 25.3 Å². The number of alkyl halides is 7. The minimum absolute atomic E-state index is 0.0443. The summed E-state index contributed by atoms with van der Waals surface area (Å²) in [7, 11) is 0. The number of rotatable bonds is 5. The molecule has 3 unspecified atom stereocenters. The van der Waals surface area contributed by atoms with Gasteiger partial charge in [0.2, 0.25) is 29.6 Å². The zero-order chi connectivity index (χ0) is 23.9. The number of hydrogen-bond acceptors (Lipinski definition) is 7. The molecule has 0 saturated heterocycles. The fraction of sp³-hybridized carbons (Fsp3) is 0.684. The zero-order valence-corrected chi connectivity index (χ0v) is 17.2. The third-order valence-electron chi connectivity index (χ3n) is 5.55. The predicted octanol–water partition coefficient (Wildman–Crippen LogP) is 5.01. The highest BCUT2D eigenvalue weighted by atomic mass is 19.4. The monoisotopic (exact) mass is 482 g/mol. The van der Waals surface area contributed by atoms with Crippen LogP contribution in [0.15, 0.2) is 17.1 Å². The van der Waals surface area contributed by atoms with Gasteiger partial charge in [0.25, 0.3) is 0 Å². The highest BCUT2D eigenvalue weighted by molar-refractivity contribution is 5.88. The summed E-state index contributed by atoms with van der Waals surface area (Å²) >= 11 is 0. The van der Waals surface area contributed by atoms with E-state index in [1.807, 2.05) is 0 Å². The Hall–Kier alpha value is -2.67. The van der Waals surface area contributed by atoms with Crippen molar-refractivity contribution in [3.05, 3.63) is 18.0 Å². The third kappa shape index (κ3) is 6.44. The second-order valence-corrected chi connectivity index (χ2v) is 8.39. The molecule has 2 saturated carbocycles. The van der Waals surface area contributed by atoms with E-state index in [-0.39, 0.29) is 49.8 Å². The number of halogens is 7. The van der Waals surface area contributed by atoms with Crippen LogP contribution in [0.2, 0.25) is 0 Å². The van der Waals surface area contributed by atoms with Crippen molar-refractivity contribution < 1.29 is 35.5 Å². The lowest BCUT2D eigenvalue weighted by Gasteiger charge is -2.20. The molecule has 0 spiro atoms. The summed E-state index contributed by atoms with van der Waals surface area (Å²) in [5.74, 6) is -6.55. The fourth-order valence-electron chi connectivity index (χ4n) is 4.07. The maximum atomic E-state index is 13.6. The Morgan fingerprint density at radius 2 is 1.42 bits per heavy atom. The maximum Gasteiger partial charge on any atom is 0.574 e. The highest BCUT2D eigenvalue weighted by Gasteiger charge is 2.41. The van der Waals surface area contributed by atoms with Gasteiger partial charge in [-0.15, -0.1) is 13.2 Å². The number of hydrogen-bond donors (Lipinski definition) is 2. The second kappa shape index (κ2) is 8.60. The van der Waals surface area contributed by atoms with Gasteiger partial charge in [0, 0.05) is 37.8 Å². The predicted molar refractivity (Wildman–Crippen MR) is 103 cm³/mol. The SMILES string of the molecule is FC1(F)CCC(Nc2nc(NC3CCC(F)(F)C3)nc(C3CC=CC(OC(F)(F)F)=N3)n2)C1. The van der Waals surface area contributed by atoms with Gasteiger partial charge in [-0.1, -0.05) is 6.08 Å². The summed E-state index contributed by atoms with van der Waals surface area (Å²) in [5, 5.41) is 5.60. The van der Waals surface area contributed by atoms with Crippen molar-refractivity contribution in [1.82, 2.24) is 15.0 Å². The van der Waals surface area contributed by atoms with Gasteiger partial charge in [0.1, 0.15) is 6.04 Å². The molecule has 0 bridgehead atoms. The van der Waals surface area contributed by atoms with E-state index in [0.29, 0.717) is 0 Å². The quantitative estimate of drug-likeness (QED) is 0.575. The van der Waals surface area contributed by atoms with Gasteiger partial charge in [0.15, 0.2) is 5.82 Å². The number of dihydropyridines is 1. The van der Waals surface area contributed by atoms with Crippen molar-refractivity contribution in [2.75, 3.05) is 10.6 Å². The van der Waals surface area contributed by atoms with Gasteiger partial charge in [-0.2, -0.15) is 15.0 Å². The molecule has 2 aliphatic carbocycles. The topological polar surface area (TPSA) is 84.3 Å². The number of aromatic nitrogens is 3. The molecular formula is C19H21F7N6O. The summed E-state index contributed by atoms with van der Waals surface area (Å²) in [6.45, 7) is 0. The fourth-order valence-corrected chi connectivity index (χ4v) is 4.07. The molecule has 182 valence electrons. The van der Waals surface area contributed by atoms with Crippen molar-refractivity contribution >= 4 is 17.8 Å². The molecule has 0 amide bonds. The molecular weight excluding hydrogens is 461 g/mol. The van der Waals surface area contributed by atoms with Crippen LogP contribution in [0.25, 0.3) is 0 Å². The first-order valence-electron chi connectivity index (χ1n) is 10.4. The molecule has 1 aromatic rings. The maximum absolute atomic E-state index is 13.6. The van der Waals surface area contributed by atoms with E-state index in [0.717, 1.165) is 6.08 Å². The van der Waals surface area contributed by atoms with Crippen LogP contribution in [0, 0.1) is 0 Å². The van der Waals surface area contributed by atoms with Gasteiger partial charge >= 0.3 is 6.36 Å². The lowest BCUT2D eigenvalue weighted by molar-refractivity contribution is -0.283. The van der Waals surface area contributed by atoms with Crippen molar-refractivity contribution in [1.29, 1.82) is 0 Å². The molecule has 2 N–H and O–H groups in total. The first-order chi connectivity index (χ1) is 15.4. The van der Waals surface area contributed by atoms with Crippen LogP contribution in [0.4, 0.5) is 42.6 Å². The molecule has 1 aromatic heterocycles. The van der Waals surface area contributed by atoms with E-state index in [9.17, 15) is 30.7 Å². The molecule has 0 aromatic carbocycles. The summed E-state index contributed by atoms with van der Waals surface area (Å²) in [5.41, 5.74) is 0. The average Bonchev–Trinajstić information content (AvgIpc) is 3.20. The van der Waals surface area contributed by atoms with Crippen molar-refractivity contribution in [3.8, 4) is 0 Å². The van der Waals surface area contributed by atoms with E-state index in [1.54, 1.807) is 0 Å². The Morgan fingerprint density at radius 3 is 1.88 bits per heavy atom. The van der Waals surface area contributed by atoms with Crippen molar-refractivity contribution in [2.24, 2.45) is 4.99 Å². The molecule has 0 radical (unpaired) electrons. The lowest BCUT2D eigenvalue weighted by Crippen LogP contribution is -2.25. The minimum atomic E-state index is -4.94. The number of aliphatic imine (C=N–C) groups is 1. The second-order valence-electron chi connectivity index (χ2n) is 8.39. The van der Waals surface area contributed by atoms with Crippen molar-refractivity contribution in [3.63, 3.8) is 0 Å². The van der Waals surface area contributed by atoms with Crippen LogP contribution in [-0.2, 0) is 4.74 Å². The Balaban J connectivity index is 1.58. The summed E-state index contributed by atoms with van der Waals surface area (Å²) in [4.78, 5) is 16.3. The molecule has 14 heteroatoms. The molecule has 1 aliphatic heterocycles.